The Morgan fingerprint density at radius 1 is 1.19 bits per heavy atom. The first kappa shape index (κ1) is 18.9. The molecule has 2 heterocycles. The van der Waals surface area contributed by atoms with Gasteiger partial charge in [-0.05, 0) is 30.8 Å². The van der Waals surface area contributed by atoms with Gasteiger partial charge in [0.2, 0.25) is 5.95 Å². The van der Waals surface area contributed by atoms with Gasteiger partial charge in [0, 0.05) is 44.1 Å². The second-order valence-electron chi connectivity index (χ2n) is 6.31. The number of aliphatic hydroxyl groups excluding tert-OH is 1. The van der Waals surface area contributed by atoms with Gasteiger partial charge in [-0.3, -0.25) is 0 Å². The maximum absolute atomic E-state index is 9.12. The summed E-state index contributed by atoms with van der Waals surface area (Å²) in [6, 6.07) is 10.2. The zero-order chi connectivity index (χ0) is 19.1. The first-order valence-corrected chi connectivity index (χ1v) is 9.19. The number of piperazine rings is 1. The van der Waals surface area contributed by atoms with Gasteiger partial charge >= 0.3 is 0 Å². The van der Waals surface area contributed by atoms with Gasteiger partial charge in [-0.25, -0.2) is 4.98 Å². The Morgan fingerprint density at radius 3 is 2.56 bits per heavy atom. The SMILES string of the molecule is CCN1CCN(c2ccc(Nc3ncc(C#N)c(NCCO)n3)cc2)CC1. The molecule has 8 heteroatoms. The summed E-state index contributed by atoms with van der Waals surface area (Å²) < 4.78 is 0. The molecule has 0 atom stereocenters. The highest BCUT2D eigenvalue weighted by Crippen LogP contribution is 2.22. The van der Waals surface area contributed by atoms with Gasteiger partial charge in [-0.2, -0.15) is 10.2 Å². The monoisotopic (exact) mass is 367 g/mol. The van der Waals surface area contributed by atoms with Crippen molar-refractivity contribution < 1.29 is 5.11 Å². The van der Waals surface area contributed by atoms with E-state index >= 15 is 0 Å². The van der Waals surface area contributed by atoms with Gasteiger partial charge < -0.3 is 25.5 Å². The minimum absolute atomic E-state index is 0.0361. The van der Waals surface area contributed by atoms with E-state index in [0.29, 0.717) is 23.9 Å². The van der Waals surface area contributed by atoms with E-state index in [0.717, 1.165) is 38.4 Å². The molecule has 1 aliphatic rings. The average molecular weight is 367 g/mol. The summed E-state index contributed by atoms with van der Waals surface area (Å²) in [6.07, 6.45) is 1.47. The van der Waals surface area contributed by atoms with Crippen LogP contribution in [0.1, 0.15) is 12.5 Å². The zero-order valence-corrected chi connectivity index (χ0v) is 15.5. The Hall–Kier alpha value is -2.89. The second-order valence-corrected chi connectivity index (χ2v) is 6.31. The van der Waals surface area contributed by atoms with Crippen molar-refractivity contribution in [3.8, 4) is 6.07 Å². The van der Waals surface area contributed by atoms with Crippen LogP contribution >= 0.6 is 0 Å². The van der Waals surface area contributed by atoms with Crippen LogP contribution in [0.25, 0.3) is 0 Å². The molecule has 3 rings (SSSR count). The minimum Gasteiger partial charge on any atom is -0.395 e. The molecule has 3 N–H and O–H groups in total. The van der Waals surface area contributed by atoms with E-state index in [9.17, 15) is 0 Å². The smallest absolute Gasteiger partial charge is 0.229 e. The molecule has 0 aliphatic carbocycles. The van der Waals surface area contributed by atoms with Gasteiger partial charge in [-0.15, -0.1) is 0 Å². The van der Waals surface area contributed by atoms with Crippen molar-refractivity contribution in [2.24, 2.45) is 0 Å². The number of nitrogens with zero attached hydrogens (tertiary/aromatic N) is 5. The lowest BCUT2D eigenvalue weighted by molar-refractivity contribution is 0.271. The summed E-state index contributed by atoms with van der Waals surface area (Å²) in [4.78, 5) is 13.4. The molecule has 0 bridgehead atoms. The van der Waals surface area contributed by atoms with Crippen molar-refractivity contribution in [1.29, 1.82) is 5.26 Å². The molecule has 0 spiro atoms. The Morgan fingerprint density at radius 2 is 1.93 bits per heavy atom. The fourth-order valence-corrected chi connectivity index (χ4v) is 3.04. The van der Waals surface area contributed by atoms with Gasteiger partial charge in [-0.1, -0.05) is 6.92 Å². The van der Waals surface area contributed by atoms with Crippen molar-refractivity contribution in [3.63, 3.8) is 0 Å². The van der Waals surface area contributed by atoms with E-state index in [1.54, 1.807) is 0 Å². The van der Waals surface area contributed by atoms with Crippen molar-refractivity contribution in [1.82, 2.24) is 14.9 Å². The van der Waals surface area contributed by atoms with Crippen LogP contribution in [-0.2, 0) is 0 Å². The lowest BCUT2D eigenvalue weighted by atomic mass is 10.2. The molecule has 0 radical (unpaired) electrons. The molecule has 142 valence electrons. The van der Waals surface area contributed by atoms with Crippen LogP contribution in [0, 0.1) is 11.3 Å². The van der Waals surface area contributed by atoms with Crippen LogP contribution in [0.2, 0.25) is 0 Å². The highest BCUT2D eigenvalue weighted by atomic mass is 16.3. The highest BCUT2D eigenvalue weighted by Gasteiger charge is 2.15. The molecule has 1 aromatic carbocycles. The molecule has 1 saturated heterocycles. The van der Waals surface area contributed by atoms with E-state index in [2.05, 4.69) is 49.5 Å². The Labute approximate surface area is 159 Å². The summed E-state index contributed by atoms with van der Waals surface area (Å²) in [7, 11) is 0. The first-order chi connectivity index (χ1) is 13.2. The molecule has 0 amide bonds. The number of aliphatic hydroxyl groups is 1. The quantitative estimate of drug-likeness (QED) is 0.679. The first-order valence-electron chi connectivity index (χ1n) is 9.19. The van der Waals surface area contributed by atoms with Gasteiger partial charge in [0.1, 0.15) is 17.5 Å². The Bertz CT molecular complexity index is 780. The summed E-state index contributed by atoms with van der Waals surface area (Å²) in [5.41, 5.74) is 2.43. The van der Waals surface area contributed by atoms with Crippen LogP contribution in [0.15, 0.2) is 30.5 Å². The molecule has 8 nitrogen and oxygen atoms in total. The van der Waals surface area contributed by atoms with Crippen molar-refractivity contribution >= 4 is 23.1 Å². The van der Waals surface area contributed by atoms with E-state index in [4.69, 9.17) is 10.4 Å². The number of hydrogen-bond donors (Lipinski definition) is 3. The van der Waals surface area contributed by atoms with Crippen LogP contribution < -0.4 is 15.5 Å². The highest BCUT2D eigenvalue weighted by molar-refractivity contribution is 5.61. The lowest BCUT2D eigenvalue weighted by Crippen LogP contribution is -2.46. The fourth-order valence-electron chi connectivity index (χ4n) is 3.04. The van der Waals surface area contributed by atoms with Crippen LogP contribution in [0.5, 0.6) is 0 Å². The lowest BCUT2D eigenvalue weighted by Gasteiger charge is -2.35. The van der Waals surface area contributed by atoms with Gasteiger partial charge in [0.25, 0.3) is 0 Å². The maximum atomic E-state index is 9.12. The van der Waals surface area contributed by atoms with E-state index in [-0.39, 0.29) is 6.61 Å². The van der Waals surface area contributed by atoms with Gasteiger partial charge in [0.15, 0.2) is 0 Å². The molecular formula is C19H25N7O. The number of rotatable bonds is 7. The Balaban J connectivity index is 1.65. The second kappa shape index (κ2) is 9.16. The molecule has 1 aromatic heterocycles. The number of benzene rings is 1. The topological polar surface area (TPSA) is 100 Å². The molecule has 1 fully saturated rings. The van der Waals surface area contributed by atoms with E-state index in [1.807, 2.05) is 18.2 Å². The Kier molecular flexibility index (Phi) is 6.41. The summed E-state index contributed by atoms with van der Waals surface area (Å²) in [5, 5.41) is 24.2. The number of nitriles is 1. The molecule has 1 aliphatic heterocycles. The van der Waals surface area contributed by atoms with E-state index < -0.39 is 0 Å². The fraction of sp³-hybridized carbons (Fsp3) is 0.421. The van der Waals surface area contributed by atoms with E-state index in [1.165, 1.54) is 11.9 Å². The predicted octanol–water partition coefficient (Wildman–Crippen LogP) is 1.64. The minimum atomic E-state index is -0.0361. The molecule has 27 heavy (non-hydrogen) atoms. The van der Waals surface area contributed by atoms with Crippen LogP contribution in [-0.4, -0.2) is 65.8 Å². The average Bonchev–Trinajstić information content (AvgIpc) is 2.73. The molecule has 0 unspecified atom stereocenters. The third-order valence-electron chi connectivity index (χ3n) is 4.62. The van der Waals surface area contributed by atoms with Crippen molar-refractivity contribution in [2.75, 3.05) is 61.4 Å². The molecule has 0 saturated carbocycles. The summed E-state index contributed by atoms with van der Waals surface area (Å²) in [6.45, 7) is 7.87. The third kappa shape index (κ3) is 4.84. The number of nitrogens with one attached hydrogen (secondary N) is 2. The predicted molar refractivity (Wildman–Crippen MR) is 106 cm³/mol. The zero-order valence-electron chi connectivity index (χ0n) is 15.5. The molecule has 2 aromatic rings. The van der Waals surface area contributed by atoms with Crippen LogP contribution in [0.3, 0.4) is 0 Å². The summed E-state index contributed by atoms with van der Waals surface area (Å²) in [5.74, 6) is 0.813. The number of anilines is 4. The van der Waals surface area contributed by atoms with Crippen LogP contribution in [0.4, 0.5) is 23.1 Å². The normalized spacial score (nSPS) is 14.6. The third-order valence-corrected chi connectivity index (χ3v) is 4.62. The maximum Gasteiger partial charge on any atom is 0.229 e. The number of hydrogen-bond acceptors (Lipinski definition) is 8. The summed E-state index contributed by atoms with van der Waals surface area (Å²) >= 11 is 0. The number of likely N-dealkylation sites (N-methyl/N-ethyl adjacent to an activating group) is 1. The molecular weight excluding hydrogens is 342 g/mol. The van der Waals surface area contributed by atoms with Crippen molar-refractivity contribution in [3.05, 3.63) is 36.0 Å². The van der Waals surface area contributed by atoms with Gasteiger partial charge in [0.05, 0.1) is 12.8 Å². The van der Waals surface area contributed by atoms with Crippen molar-refractivity contribution in [2.45, 2.75) is 6.92 Å². The number of aromatic nitrogens is 2. The standard InChI is InChI=1S/C19H25N7O/c1-2-25-8-10-26(11-9-25)17-5-3-16(4-6-17)23-19-22-14-15(13-20)18(24-19)21-7-12-27/h3-6,14,27H,2,7-12H2,1H3,(H2,21,22,23,24). The largest absolute Gasteiger partial charge is 0.395 e.